The van der Waals surface area contributed by atoms with E-state index in [0.29, 0.717) is 11.2 Å². The molecule has 1 spiro atoms. The second kappa shape index (κ2) is 6.40. The van der Waals surface area contributed by atoms with Gasteiger partial charge in [0.15, 0.2) is 5.76 Å². The van der Waals surface area contributed by atoms with Crippen LogP contribution in [-0.4, -0.2) is 46.9 Å². The van der Waals surface area contributed by atoms with Gasteiger partial charge in [0.05, 0.1) is 6.26 Å². The van der Waals surface area contributed by atoms with E-state index in [0.717, 1.165) is 45.6 Å². The predicted molar refractivity (Wildman–Crippen MR) is 90.4 cm³/mol. The second-order valence-corrected chi connectivity index (χ2v) is 7.09. The lowest BCUT2D eigenvalue weighted by Crippen LogP contribution is -2.44. The van der Waals surface area contributed by atoms with Crippen molar-refractivity contribution in [2.24, 2.45) is 5.41 Å². The Labute approximate surface area is 142 Å². The average molecular weight is 325 g/mol. The van der Waals surface area contributed by atoms with Gasteiger partial charge in [-0.3, -0.25) is 14.7 Å². The fourth-order valence-corrected chi connectivity index (χ4v) is 4.06. The number of piperidine rings is 1. The maximum absolute atomic E-state index is 12.4. The summed E-state index contributed by atoms with van der Waals surface area (Å²) in [6.07, 6.45) is 8.74. The lowest BCUT2D eigenvalue weighted by atomic mass is 9.77. The van der Waals surface area contributed by atoms with Gasteiger partial charge in [-0.15, -0.1) is 0 Å². The first-order chi connectivity index (χ1) is 11.7. The van der Waals surface area contributed by atoms with Crippen LogP contribution in [-0.2, 0) is 6.54 Å². The summed E-state index contributed by atoms with van der Waals surface area (Å²) in [4.78, 5) is 21.1. The van der Waals surface area contributed by atoms with Crippen LogP contribution in [0.5, 0.6) is 0 Å². The molecule has 5 heteroatoms. The number of nitrogens with zero attached hydrogens (tertiary/aromatic N) is 3. The first-order valence-corrected chi connectivity index (χ1v) is 8.68. The quantitative estimate of drug-likeness (QED) is 0.871. The highest BCUT2D eigenvalue weighted by atomic mass is 16.3. The van der Waals surface area contributed by atoms with Crippen molar-refractivity contribution in [1.82, 2.24) is 14.8 Å². The van der Waals surface area contributed by atoms with Crippen LogP contribution in [0.4, 0.5) is 0 Å². The lowest BCUT2D eigenvalue weighted by Gasteiger charge is -2.39. The van der Waals surface area contributed by atoms with E-state index < -0.39 is 0 Å². The number of furan rings is 1. The Bertz CT molecular complexity index is 676. The third-order valence-electron chi connectivity index (χ3n) is 5.49. The van der Waals surface area contributed by atoms with Crippen molar-refractivity contribution in [3.63, 3.8) is 0 Å². The summed E-state index contributed by atoms with van der Waals surface area (Å²) in [6, 6.07) is 7.66. The zero-order valence-corrected chi connectivity index (χ0v) is 13.9. The third kappa shape index (κ3) is 3.08. The summed E-state index contributed by atoms with van der Waals surface area (Å²) in [7, 11) is 0. The number of carbonyl (C=O) groups excluding carboxylic acids is 1. The Morgan fingerprint density at radius 3 is 2.71 bits per heavy atom. The lowest BCUT2D eigenvalue weighted by molar-refractivity contribution is 0.0558. The van der Waals surface area contributed by atoms with Crippen molar-refractivity contribution in [1.29, 1.82) is 0 Å². The number of rotatable bonds is 3. The highest BCUT2D eigenvalue weighted by Crippen LogP contribution is 2.41. The van der Waals surface area contributed by atoms with Crippen LogP contribution < -0.4 is 0 Å². The molecule has 24 heavy (non-hydrogen) atoms. The van der Waals surface area contributed by atoms with Crippen LogP contribution in [0.15, 0.2) is 47.3 Å². The Morgan fingerprint density at radius 2 is 2.00 bits per heavy atom. The summed E-state index contributed by atoms with van der Waals surface area (Å²) in [6.45, 7) is 4.91. The van der Waals surface area contributed by atoms with Crippen molar-refractivity contribution < 1.29 is 9.21 Å². The minimum absolute atomic E-state index is 0.0278. The highest BCUT2D eigenvalue weighted by molar-refractivity contribution is 5.91. The van der Waals surface area contributed by atoms with Crippen molar-refractivity contribution in [2.45, 2.75) is 25.8 Å². The van der Waals surface area contributed by atoms with Gasteiger partial charge in [-0.05, 0) is 55.0 Å². The van der Waals surface area contributed by atoms with E-state index in [4.69, 9.17) is 4.42 Å². The van der Waals surface area contributed by atoms with Gasteiger partial charge in [-0.25, -0.2) is 0 Å². The Kier molecular flexibility index (Phi) is 4.10. The van der Waals surface area contributed by atoms with E-state index in [1.54, 1.807) is 18.4 Å². The molecule has 5 nitrogen and oxygen atoms in total. The number of hydrogen-bond donors (Lipinski definition) is 0. The van der Waals surface area contributed by atoms with Crippen molar-refractivity contribution in [3.05, 3.63) is 54.2 Å². The molecule has 0 saturated carbocycles. The Balaban J connectivity index is 1.33. The smallest absolute Gasteiger partial charge is 0.289 e. The van der Waals surface area contributed by atoms with E-state index in [1.807, 2.05) is 23.4 Å². The normalized spacial score (nSPS) is 20.6. The minimum Gasteiger partial charge on any atom is -0.459 e. The number of likely N-dealkylation sites (tertiary alicyclic amines) is 2. The average Bonchev–Trinajstić information content (AvgIpc) is 3.27. The molecule has 0 aromatic carbocycles. The van der Waals surface area contributed by atoms with E-state index in [1.165, 1.54) is 12.0 Å². The molecule has 1 amide bonds. The molecule has 0 N–H and O–H groups in total. The van der Waals surface area contributed by atoms with Crippen LogP contribution in [0.3, 0.4) is 0 Å². The van der Waals surface area contributed by atoms with Gasteiger partial charge < -0.3 is 9.32 Å². The molecule has 2 aliphatic rings. The van der Waals surface area contributed by atoms with Crippen LogP contribution in [0, 0.1) is 5.41 Å². The summed E-state index contributed by atoms with van der Waals surface area (Å²) >= 11 is 0. The predicted octanol–water partition coefficient (Wildman–Crippen LogP) is 2.80. The zero-order valence-electron chi connectivity index (χ0n) is 13.9. The molecule has 4 rings (SSSR count). The molecule has 4 heterocycles. The Morgan fingerprint density at radius 1 is 1.17 bits per heavy atom. The van der Waals surface area contributed by atoms with Gasteiger partial charge >= 0.3 is 0 Å². The van der Waals surface area contributed by atoms with Crippen LogP contribution >= 0.6 is 0 Å². The maximum Gasteiger partial charge on any atom is 0.289 e. The standard InChI is InChI=1S/C19H23N3O2/c23-18(17-4-2-12-24-17)22-10-6-19(7-11-22)5-9-21(15-19)14-16-3-1-8-20-13-16/h1-4,8,12-13H,5-7,9-11,14-15H2. The Hall–Kier alpha value is -2.14. The molecule has 2 fully saturated rings. The molecule has 0 bridgehead atoms. The number of amides is 1. The fraction of sp³-hybridized carbons (Fsp3) is 0.474. The summed E-state index contributed by atoms with van der Waals surface area (Å²) in [5, 5.41) is 0. The highest BCUT2D eigenvalue weighted by Gasteiger charge is 2.41. The molecule has 2 aromatic rings. The molecule has 0 atom stereocenters. The van der Waals surface area contributed by atoms with Gasteiger partial charge in [0.1, 0.15) is 0 Å². The zero-order chi connectivity index (χ0) is 16.4. The maximum atomic E-state index is 12.4. The van der Waals surface area contributed by atoms with Crippen molar-refractivity contribution in [3.8, 4) is 0 Å². The van der Waals surface area contributed by atoms with Crippen molar-refractivity contribution in [2.75, 3.05) is 26.2 Å². The molecule has 0 unspecified atom stereocenters. The van der Waals surface area contributed by atoms with E-state index >= 15 is 0 Å². The van der Waals surface area contributed by atoms with Crippen LogP contribution in [0.2, 0.25) is 0 Å². The molecule has 2 saturated heterocycles. The van der Waals surface area contributed by atoms with E-state index in [-0.39, 0.29) is 5.91 Å². The fourth-order valence-electron chi connectivity index (χ4n) is 4.06. The molecular weight excluding hydrogens is 302 g/mol. The summed E-state index contributed by atoms with van der Waals surface area (Å²) in [5.74, 6) is 0.482. The molecule has 126 valence electrons. The third-order valence-corrected chi connectivity index (χ3v) is 5.49. The minimum atomic E-state index is 0.0278. The van der Waals surface area contributed by atoms with Gasteiger partial charge in [-0.1, -0.05) is 6.07 Å². The monoisotopic (exact) mass is 325 g/mol. The van der Waals surface area contributed by atoms with Gasteiger partial charge in [0.2, 0.25) is 0 Å². The molecule has 0 aliphatic carbocycles. The molecular formula is C19H23N3O2. The van der Waals surface area contributed by atoms with E-state index in [2.05, 4.69) is 16.0 Å². The number of aromatic nitrogens is 1. The molecule has 2 aliphatic heterocycles. The number of pyridine rings is 1. The largest absolute Gasteiger partial charge is 0.459 e. The first-order valence-electron chi connectivity index (χ1n) is 8.68. The topological polar surface area (TPSA) is 49.6 Å². The van der Waals surface area contributed by atoms with Crippen molar-refractivity contribution >= 4 is 5.91 Å². The SMILES string of the molecule is O=C(c1ccco1)N1CCC2(CCN(Cc3cccnc3)C2)CC1. The summed E-state index contributed by atoms with van der Waals surface area (Å²) in [5.41, 5.74) is 1.65. The van der Waals surface area contributed by atoms with Crippen LogP contribution in [0.25, 0.3) is 0 Å². The van der Waals surface area contributed by atoms with Gasteiger partial charge in [0, 0.05) is 38.6 Å². The van der Waals surface area contributed by atoms with Crippen LogP contribution in [0.1, 0.15) is 35.4 Å². The van der Waals surface area contributed by atoms with Gasteiger partial charge in [0.25, 0.3) is 5.91 Å². The van der Waals surface area contributed by atoms with E-state index in [9.17, 15) is 4.79 Å². The first kappa shape index (κ1) is 15.4. The summed E-state index contributed by atoms with van der Waals surface area (Å²) < 4.78 is 5.24. The number of carbonyl (C=O) groups is 1. The second-order valence-electron chi connectivity index (χ2n) is 7.09. The molecule has 2 aromatic heterocycles. The number of hydrogen-bond acceptors (Lipinski definition) is 4. The molecule has 0 radical (unpaired) electrons. The van der Waals surface area contributed by atoms with Gasteiger partial charge in [-0.2, -0.15) is 0 Å².